The van der Waals surface area contributed by atoms with Crippen LogP contribution in [0.25, 0.3) is 0 Å². The maximum atomic E-state index is 12.3. The number of amides is 2. The van der Waals surface area contributed by atoms with E-state index in [0.29, 0.717) is 11.3 Å². The van der Waals surface area contributed by atoms with Gasteiger partial charge in [-0.25, -0.2) is 0 Å². The Morgan fingerprint density at radius 3 is 2.11 bits per heavy atom. The zero-order valence-electron chi connectivity index (χ0n) is 16.4. The van der Waals surface area contributed by atoms with Crippen LogP contribution < -0.4 is 10.6 Å². The van der Waals surface area contributed by atoms with Gasteiger partial charge in [-0.05, 0) is 45.0 Å². The number of nitrogens with zero attached hydrogens (tertiary/aromatic N) is 2. The molecule has 0 atom stereocenters. The summed E-state index contributed by atoms with van der Waals surface area (Å²) in [7, 11) is 1.65. The molecule has 2 N–H and O–H groups in total. The molecule has 0 fully saturated rings. The zero-order chi connectivity index (χ0) is 20.8. The molecule has 0 aliphatic rings. The van der Waals surface area contributed by atoms with Gasteiger partial charge in [0.05, 0.1) is 18.0 Å². The molecular formula is C20H24N4O4. The van der Waals surface area contributed by atoms with Crippen LogP contribution in [0.5, 0.6) is 0 Å². The van der Waals surface area contributed by atoms with E-state index in [0.717, 1.165) is 16.8 Å². The Kier molecular flexibility index (Phi) is 6.84. The zero-order valence-corrected chi connectivity index (χ0v) is 16.4. The first-order valence-corrected chi connectivity index (χ1v) is 8.77. The maximum absolute atomic E-state index is 12.3. The van der Waals surface area contributed by atoms with E-state index in [1.165, 1.54) is 6.07 Å². The molecular weight excluding hydrogens is 360 g/mol. The fourth-order valence-corrected chi connectivity index (χ4v) is 2.82. The number of rotatable bonds is 7. The highest BCUT2D eigenvalue weighted by atomic mass is 16.6. The minimum Gasteiger partial charge on any atom is -0.325 e. The molecule has 2 rings (SSSR count). The van der Waals surface area contributed by atoms with Gasteiger partial charge in [-0.3, -0.25) is 24.6 Å². The van der Waals surface area contributed by atoms with Crippen LogP contribution in [-0.2, 0) is 9.59 Å². The molecule has 0 unspecified atom stereocenters. The monoisotopic (exact) mass is 384 g/mol. The highest BCUT2D eigenvalue weighted by Crippen LogP contribution is 2.22. The molecule has 0 saturated heterocycles. The van der Waals surface area contributed by atoms with Crippen molar-refractivity contribution in [3.63, 3.8) is 0 Å². The molecule has 28 heavy (non-hydrogen) atoms. The van der Waals surface area contributed by atoms with Crippen molar-refractivity contribution in [2.45, 2.75) is 20.8 Å². The van der Waals surface area contributed by atoms with Gasteiger partial charge < -0.3 is 10.6 Å². The highest BCUT2D eigenvalue weighted by Gasteiger charge is 2.15. The van der Waals surface area contributed by atoms with E-state index in [1.807, 2.05) is 32.0 Å². The first-order chi connectivity index (χ1) is 13.2. The van der Waals surface area contributed by atoms with Gasteiger partial charge in [0.15, 0.2) is 0 Å². The lowest BCUT2D eigenvalue weighted by Gasteiger charge is -2.17. The van der Waals surface area contributed by atoms with Crippen LogP contribution in [0.3, 0.4) is 0 Å². The second kappa shape index (κ2) is 9.09. The number of para-hydroxylation sites is 1. The maximum Gasteiger partial charge on any atom is 0.274 e. The van der Waals surface area contributed by atoms with Gasteiger partial charge in [-0.1, -0.05) is 24.3 Å². The molecule has 0 aliphatic carbocycles. The number of nitro benzene ring substituents is 1. The van der Waals surface area contributed by atoms with Gasteiger partial charge in [-0.15, -0.1) is 0 Å². The third kappa shape index (κ3) is 5.62. The second-order valence-corrected chi connectivity index (χ2v) is 6.79. The van der Waals surface area contributed by atoms with Crippen LogP contribution in [0.1, 0.15) is 16.7 Å². The number of hydrogen-bond acceptors (Lipinski definition) is 5. The van der Waals surface area contributed by atoms with Crippen LogP contribution in [-0.4, -0.2) is 41.8 Å². The third-order valence-corrected chi connectivity index (χ3v) is 4.26. The Morgan fingerprint density at radius 1 is 0.964 bits per heavy atom. The first kappa shape index (κ1) is 21.0. The summed E-state index contributed by atoms with van der Waals surface area (Å²) < 4.78 is 0. The molecule has 0 bridgehead atoms. The summed E-state index contributed by atoms with van der Waals surface area (Å²) in [5.41, 5.74) is 3.51. The number of likely N-dealkylation sites (N-methyl/N-ethyl adjacent to an activating group) is 1. The summed E-state index contributed by atoms with van der Waals surface area (Å²) in [6.07, 6.45) is 0. The average molecular weight is 384 g/mol. The van der Waals surface area contributed by atoms with Gasteiger partial charge in [0, 0.05) is 23.0 Å². The van der Waals surface area contributed by atoms with Crippen molar-refractivity contribution in [3.8, 4) is 0 Å². The summed E-state index contributed by atoms with van der Waals surface area (Å²) in [5.74, 6) is -0.584. The summed E-state index contributed by atoms with van der Waals surface area (Å²) in [4.78, 5) is 36.5. The molecule has 2 amide bonds. The summed E-state index contributed by atoms with van der Waals surface area (Å²) in [5, 5.41) is 16.5. The standard InChI is InChI=1S/C20H24N4O4/c1-13-8-9-16(10-17(13)24(27)28)21-18(25)11-23(4)12-19(26)22-20-14(2)6-5-7-15(20)3/h5-10H,11-12H2,1-4H3,(H,21,25)(H,22,26). The van der Waals surface area contributed by atoms with Crippen molar-refractivity contribution in [3.05, 3.63) is 63.2 Å². The summed E-state index contributed by atoms with van der Waals surface area (Å²) in [6, 6.07) is 10.3. The lowest BCUT2D eigenvalue weighted by atomic mass is 10.1. The number of hydrogen-bond donors (Lipinski definition) is 2. The molecule has 0 aliphatic heterocycles. The van der Waals surface area contributed by atoms with E-state index in [2.05, 4.69) is 10.6 Å². The van der Waals surface area contributed by atoms with Crippen LogP contribution >= 0.6 is 0 Å². The van der Waals surface area contributed by atoms with Crippen molar-refractivity contribution in [1.82, 2.24) is 4.90 Å². The van der Waals surface area contributed by atoms with E-state index in [9.17, 15) is 19.7 Å². The van der Waals surface area contributed by atoms with Gasteiger partial charge in [0.25, 0.3) is 5.69 Å². The van der Waals surface area contributed by atoms with Crippen LogP contribution in [0, 0.1) is 30.9 Å². The Morgan fingerprint density at radius 2 is 1.54 bits per heavy atom. The number of nitro groups is 1. The predicted octanol–water partition coefficient (Wildman–Crippen LogP) is 3.03. The van der Waals surface area contributed by atoms with Gasteiger partial charge in [-0.2, -0.15) is 0 Å². The van der Waals surface area contributed by atoms with Crippen molar-refractivity contribution in [2.75, 3.05) is 30.8 Å². The van der Waals surface area contributed by atoms with E-state index in [4.69, 9.17) is 0 Å². The molecule has 0 aromatic heterocycles. The Balaban J connectivity index is 1.91. The van der Waals surface area contributed by atoms with Crippen molar-refractivity contribution >= 4 is 28.9 Å². The fourth-order valence-electron chi connectivity index (χ4n) is 2.82. The van der Waals surface area contributed by atoms with E-state index < -0.39 is 4.92 Å². The molecule has 0 spiro atoms. The minimum atomic E-state index is -0.491. The predicted molar refractivity (Wildman–Crippen MR) is 109 cm³/mol. The largest absolute Gasteiger partial charge is 0.325 e. The molecule has 8 heteroatoms. The normalized spacial score (nSPS) is 10.6. The van der Waals surface area contributed by atoms with Gasteiger partial charge >= 0.3 is 0 Å². The number of carbonyl (C=O) groups excluding carboxylic acids is 2. The van der Waals surface area contributed by atoms with E-state index in [1.54, 1.807) is 31.0 Å². The van der Waals surface area contributed by atoms with Crippen molar-refractivity contribution in [1.29, 1.82) is 0 Å². The Labute approximate surface area is 163 Å². The smallest absolute Gasteiger partial charge is 0.274 e. The molecule has 0 saturated carbocycles. The number of anilines is 2. The molecule has 148 valence electrons. The molecule has 2 aromatic rings. The van der Waals surface area contributed by atoms with Crippen LogP contribution in [0.2, 0.25) is 0 Å². The molecule has 2 aromatic carbocycles. The first-order valence-electron chi connectivity index (χ1n) is 8.77. The fraction of sp³-hybridized carbons (Fsp3) is 0.300. The van der Waals surface area contributed by atoms with E-state index >= 15 is 0 Å². The summed E-state index contributed by atoms with van der Waals surface area (Å²) >= 11 is 0. The lowest BCUT2D eigenvalue weighted by molar-refractivity contribution is -0.385. The topological polar surface area (TPSA) is 105 Å². The number of benzene rings is 2. The molecule has 0 heterocycles. The summed E-state index contributed by atoms with van der Waals surface area (Å²) in [6.45, 7) is 5.48. The molecule has 8 nitrogen and oxygen atoms in total. The van der Waals surface area contributed by atoms with Crippen molar-refractivity contribution in [2.24, 2.45) is 0 Å². The average Bonchev–Trinajstić information content (AvgIpc) is 2.59. The third-order valence-electron chi connectivity index (χ3n) is 4.26. The molecule has 0 radical (unpaired) electrons. The van der Waals surface area contributed by atoms with E-state index in [-0.39, 0.29) is 30.6 Å². The Bertz CT molecular complexity index is 891. The SMILES string of the molecule is Cc1ccc(NC(=O)CN(C)CC(=O)Nc2c(C)cccc2C)cc1[N+](=O)[O-]. The highest BCUT2D eigenvalue weighted by molar-refractivity contribution is 5.95. The number of aryl methyl sites for hydroxylation is 3. The lowest BCUT2D eigenvalue weighted by Crippen LogP contribution is -2.36. The van der Waals surface area contributed by atoms with Gasteiger partial charge in [0.1, 0.15) is 0 Å². The quantitative estimate of drug-likeness (QED) is 0.564. The van der Waals surface area contributed by atoms with Crippen LogP contribution in [0.4, 0.5) is 17.1 Å². The Hall–Kier alpha value is -3.26. The number of carbonyl (C=O) groups is 2. The van der Waals surface area contributed by atoms with Crippen molar-refractivity contribution < 1.29 is 14.5 Å². The second-order valence-electron chi connectivity index (χ2n) is 6.79. The number of nitrogens with one attached hydrogen (secondary N) is 2. The minimum absolute atomic E-state index is 0.0259. The van der Waals surface area contributed by atoms with Crippen LogP contribution in [0.15, 0.2) is 36.4 Å². The van der Waals surface area contributed by atoms with Gasteiger partial charge in [0.2, 0.25) is 11.8 Å².